The Bertz CT molecular complexity index is 853. The van der Waals surface area contributed by atoms with Crippen LogP contribution >= 0.6 is 22.9 Å². The molecule has 0 saturated heterocycles. The molecule has 0 aliphatic carbocycles. The summed E-state index contributed by atoms with van der Waals surface area (Å²) in [7, 11) is 1.62. The van der Waals surface area contributed by atoms with Crippen LogP contribution in [0.4, 0.5) is 0 Å². The average molecular weight is 388 g/mol. The predicted molar refractivity (Wildman–Crippen MR) is 103 cm³/mol. The van der Waals surface area contributed by atoms with Crippen LogP contribution in [0.3, 0.4) is 0 Å². The van der Waals surface area contributed by atoms with Gasteiger partial charge in [0.1, 0.15) is 10.7 Å². The molecule has 134 valence electrons. The van der Waals surface area contributed by atoms with Crippen LogP contribution in [0.25, 0.3) is 10.6 Å². The van der Waals surface area contributed by atoms with Gasteiger partial charge in [0.05, 0.1) is 18.8 Å². The minimum atomic E-state index is -0.135. The monoisotopic (exact) mass is 387 g/mol. The van der Waals surface area contributed by atoms with E-state index in [0.29, 0.717) is 30.4 Å². The minimum absolute atomic E-state index is 0.135. The number of hydrogen-bond donors (Lipinski definition) is 0. The number of methoxy groups -OCH3 is 1. The molecular formula is C19H18ClN3O2S. The number of nitrogens with zero attached hydrogens (tertiary/aromatic N) is 3. The van der Waals surface area contributed by atoms with E-state index in [1.807, 2.05) is 42.5 Å². The molecule has 1 aromatic carbocycles. The van der Waals surface area contributed by atoms with Crippen LogP contribution < -0.4 is 0 Å². The number of benzene rings is 1. The van der Waals surface area contributed by atoms with Gasteiger partial charge in [-0.25, -0.2) is 4.98 Å². The molecule has 5 nitrogen and oxygen atoms in total. The molecule has 7 heteroatoms. The van der Waals surface area contributed by atoms with Gasteiger partial charge < -0.3 is 9.64 Å². The third kappa shape index (κ3) is 4.66. The van der Waals surface area contributed by atoms with Crippen molar-refractivity contribution in [1.82, 2.24) is 14.9 Å². The minimum Gasteiger partial charge on any atom is -0.383 e. The van der Waals surface area contributed by atoms with E-state index in [1.54, 1.807) is 23.6 Å². The van der Waals surface area contributed by atoms with Crippen molar-refractivity contribution in [3.05, 3.63) is 70.5 Å². The number of halogens is 1. The molecule has 0 bridgehead atoms. The number of ether oxygens (including phenoxy) is 1. The zero-order chi connectivity index (χ0) is 18.4. The highest BCUT2D eigenvalue weighted by Crippen LogP contribution is 2.25. The van der Waals surface area contributed by atoms with Crippen molar-refractivity contribution in [2.24, 2.45) is 0 Å². The normalized spacial score (nSPS) is 10.7. The fourth-order valence-electron chi connectivity index (χ4n) is 2.40. The van der Waals surface area contributed by atoms with Crippen molar-refractivity contribution in [2.45, 2.75) is 6.54 Å². The first-order valence-corrected chi connectivity index (χ1v) is 9.32. The zero-order valence-corrected chi connectivity index (χ0v) is 15.8. The number of thiazole rings is 1. The number of rotatable bonds is 7. The number of amides is 1. The van der Waals surface area contributed by atoms with Gasteiger partial charge in [-0.05, 0) is 24.3 Å². The zero-order valence-electron chi connectivity index (χ0n) is 14.3. The summed E-state index contributed by atoms with van der Waals surface area (Å²) in [6, 6.07) is 13.1. The Morgan fingerprint density at radius 2 is 2.04 bits per heavy atom. The van der Waals surface area contributed by atoms with Gasteiger partial charge in [-0.2, -0.15) is 0 Å². The lowest BCUT2D eigenvalue weighted by Gasteiger charge is -2.21. The van der Waals surface area contributed by atoms with Crippen molar-refractivity contribution >= 4 is 28.8 Å². The van der Waals surface area contributed by atoms with Crippen molar-refractivity contribution in [1.29, 1.82) is 0 Å². The Morgan fingerprint density at radius 3 is 2.73 bits per heavy atom. The molecule has 0 radical (unpaired) electrons. The molecule has 0 aliphatic heterocycles. The average Bonchev–Trinajstić information content (AvgIpc) is 3.16. The molecule has 0 saturated carbocycles. The molecule has 3 rings (SSSR count). The summed E-state index contributed by atoms with van der Waals surface area (Å²) in [5, 5.41) is 3.24. The molecule has 2 heterocycles. The number of pyridine rings is 1. The number of aromatic nitrogens is 2. The van der Waals surface area contributed by atoms with E-state index >= 15 is 0 Å². The number of carbonyl (C=O) groups excluding carboxylic acids is 1. The van der Waals surface area contributed by atoms with Crippen molar-refractivity contribution < 1.29 is 9.53 Å². The van der Waals surface area contributed by atoms with Crippen LogP contribution in [0.2, 0.25) is 5.02 Å². The maximum Gasteiger partial charge on any atom is 0.273 e. The smallest absolute Gasteiger partial charge is 0.273 e. The Kier molecular flexibility index (Phi) is 6.33. The van der Waals surface area contributed by atoms with Gasteiger partial charge in [0.2, 0.25) is 0 Å². The van der Waals surface area contributed by atoms with Crippen LogP contribution in [-0.4, -0.2) is 41.0 Å². The lowest BCUT2D eigenvalue weighted by molar-refractivity contribution is 0.0673. The molecule has 3 aromatic rings. The van der Waals surface area contributed by atoms with Gasteiger partial charge >= 0.3 is 0 Å². The Morgan fingerprint density at radius 1 is 1.23 bits per heavy atom. The van der Waals surface area contributed by atoms with Gasteiger partial charge in [0, 0.05) is 35.8 Å². The van der Waals surface area contributed by atoms with Crippen LogP contribution in [0, 0.1) is 0 Å². The Balaban J connectivity index is 1.79. The van der Waals surface area contributed by atoms with E-state index in [1.165, 1.54) is 11.3 Å². The van der Waals surface area contributed by atoms with Gasteiger partial charge in [-0.1, -0.05) is 29.8 Å². The number of carbonyl (C=O) groups is 1. The maximum atomic E-state index is 12.9. The topological polar surface area (TPSA) is 55.3 Å². The maximum absolute atomic E-state index is 12.9. The summed E-state index contributed by atoms with van der Waals surface area (Å²) >= 11 is 7.36. The summed E-state index contributed by atoms with van der Waals surface area (Å²) in [5.74, 6) is -0.135. The predicted octanol–water partition coefficient (Wildman–Crippen LogP) is 4.15. The van der Waals surface area contributed by atoms with E-state index in [0.717, 1.165) is 16.3 Å². The van der Waals surface area contributed by atoms with Crippen LogP contribution in [0.1, 0.15) is 16.2 Å². The third-order valence-electron chi connectivity index (χ3n) is 3.75. The fourth-order valence-corrected chi connectivity index (χ4v) is 3.33. The summed E-state index contributed by atoms with van der Waals surface area (Å²) in [6.45, 7) is 1.34. The molecule has 2 aromatic heterocycles. The lowest BCUT2D eigenvalue weighted by atomic mass is 10.2. The lowest BCUT2D eigenvalue weighted by Crippen LogP contribution is -2.34. The standard InChI is InChI=1S/C19H18ClN3O2S/c1-25-11-10-23(12-16-4-2-3-9-21-16)19(24)17-13-26-18(22-17)14-5-7-15(20)8-6-14/h2-9,13H,10-12H2,1H3. The van der Waals surface area contributed by atoms with Crippen molar-refractivity contribution in [3.8, 4) is 10.6 Å². The molecule has 0 atom stereocenters. The van der Waals surface area contributed by atoms with Crippen LogP contribution in [0.15, 0.2) is 54.0 Å². The quantitative estimate of drug-likeness (QED) is 0.611. The molecule has 0 spiro atoms. The van der Waals surface area contributed by atoms with Crippen LogP contribution in [-0.2, 0) is 11.3 Å². The molecular weight excluding hydrogens is 370 g/mol. The molecule has 0 unspecified atom stereocenters. The molecule has 26 heavy (non-hydrogen) atoms. The van der Waals surface area contributed by atoms with E-state index in [-0.39, 0.29) is 5.91 Å². The summed E-state index contributed by atoms with van der Waals surface area (Å²) in [4.78, 5) is 23.4. The Hall–Kier alpha value is -2.28. The van der Waals surface area contributed by atoms with Crippen LogP contribution in [0.5, 0.6) is 0 Å². The van der Waals surface area contributed by atoms with Gasteiger partial charge in [0.15, 0.2) is 0 Å². The molecule has 0 N–H and O–H groups in total. The molecule has 0 fully saturated rings. The SMILES string of the molecule is COCCN(Cc1ccccn1)C(=O)c1csc(-c2ccc(Cl)cc2)n1. The second kappa shape index (κ2) is 8.89. The Labute approximate surface area is 161 Å². The first-order chi connectivity index (χ1) is 12.7. The van der Waals surface area contributed by atoms with Crippen molar-refractivity contribution in [3.63, 3.8) is 0 Å². The van der Waals surface area contributed by atoms with Crippen molar-refractivity contribution in [2.75, 3.05) is 20.3 Å². The third-order valence-corrected chi connectivity index (χ3v) is 4.89. The number of hydrogen-bond acceptors (Lipinski definition) is 5. The van der Waals surface area contributed by atoms with Gasteiger partial charge in [-0.15, -0.1) is 11.3 Å². The fraction of sp³-hybridized carbons (Fsp3) is 0.211. The highest BCUT2D eigenvalue weighted by Gasteiger charge is 2.20. The summed E-state index contributed by atoms with van der Waals surface area (Å²) in [5.41, 5.74) is 2.18. The molecule has 0 aliphatic rings. The summed E-state index contributed by atoms with van der Waals surface area (Å²) in [6.07, 6.45) is 1.72. The second-order valence-corrected chi connectivity index (χ2v) is 6.88. The van der Waals surface area contributed by atoms with Gasteiger partial charge in [-0.3, -0.25) is 9.78 Å². The first-order valence-electron chi connectivity index (χ1n) is 8.07. The van der Waals surface area contributed by atoms with Gasteiger partial charge in [0.25, 0.3) is 5.91 Å². The largest absolute Gasteiger partial charge is 0.383 e. The van der Waals surface area contributed by atoms with E-state index < -0.39 is 0 Å². The highest BCUT2D eigenvalue weighted by atomic mass is 35.5. The highest BCUT2D eigenvalue weighted by molar-refractivity contribution is 7.13. The summed E-state index contributed by atoms with van der Waals surface area (Å²) < 4.78 is 5.14. The van der Waals surface area contributed by atoms with E-state index in [9.17, 15) is 4.79 Å². The molecule has 1 amide bonds. The first kappa shape index (κ1) is 18.5. The van der Waals surface area contributed by atoms with E-state index in [4.69, 9.17) is 16.3 Å². The second-order valence-electron chi connectivity index (χ2n) is 5.59. The van der Waals surface area contributed by atoms with E-state index in [2.05, 4.69) is 9.97 Å².